The zero-order valence-electron chi connectivity index (χ0n) is 18.1. The van der Waals surface area contributed by atoms with Crippen molar-refractivity contribution in [2.24, 2.45) is 13.0 Å². The number of amides is 1. The lowest BCUT2D eigenvalue weighted by Gasteiger charge is -2.31. The van der Waals surface area contributed by atoms with Gasteiger partial charge in [0.25, 0.3) is 5.91 Å². The van der Waals surface area contributed by atoms with Crippen LogP contribution in [-0.2, 0) is 22.0 Å². The first-order valence-corrected chi connectivity index (χ1v) is 10.3. The van der Waals surface area contributed by atoms with E-state index >= 15 is 0 Å². The van der Waals surface area contributed by atoms with Gasteiger partial charge in [0.15, 0.2) is 0 Å². The molecule has 0 N–H and O–H groups in total. The highest BCUT2D eigenvalue weighted by Gasteiger charge is 2.31. The van der Waals surface area contributed by atoms with E-state index in [1.807, 2.05) is 6.07 Å². The lowest BCUT2D eigenvalue weighted by Crippen LogP contribution is -2.43. The summed E-state index contributed by atoms with van der Waals surface area (Å²) in [5.41, 5.74) is 3.63. The number of carbonyl (C=O) groups is 2. The molecule has 29 heavy (non-hydrogen) atoms. The maximum atomic E-state index is 13.1. The molecule has 2 heterocycles. The molecule has 156 valence electrons. The fraction of sp³-hybridized carbons (Fsp3) is 0.522. The maximum Gasteiger partial charge on any atom is 0.310 e. The monoisotopic (exact) mass is 397 g/mol. The van der Waals surface area contributed by atoms with Crippen molar-refractivity contribution < 1.29 is 14.3 Å². The van der Waals surface area contributed by atoms with E-state index in [-0.39, 0.29) is 23.2 Å². The van der Waals surface area contributed by atoms with Gasteiger partial charge in [0.05, 0.1) is 18.2 Å². The number of aromatic nitrogens is 2. The summed E-state index contributed by atoms with van der Waals surface area (Å²) in [7, 11) is 1.78. The molecule has 1 amide bonds. The quantitative estimate of drug-likeness (QED) is 0.736. The van der Waals surface area contributed by atoms with Gasteiger partial charge < -0.3 is 9.64 Å². The molecule has 1 aliphatic heterocycles. The number of hydrogen-bond acceptors (Lipinski definition) is 4. The number of nitrogens with zero attached hydrogens (tertiary/aromatic N) is 3. The van der Waals surface area contributed by atoms with E-state index in [0.29, 0.717) is 25.4 Å². The molecule has 0 spiro atoms. The standard InChI is InChI=1S/C23H31N3O3/c1-6-29-22(28)17-8-7-13-26(15-17)21(27)20-14-19(24-25(20)5)16-9-11-18(12-10-16)23(2,3)4/h9-12,14,17H,6-8,13,15H2,1-5H3/t17-/m1/s1. The van der Waals surface area contributed by atoms with Crippen LogP contribution < -0.4 is 0 Å². The van der Waals surface area contributed by atoms with Crippen LogP contribution in [0.25, 0.3) is 11.3 Å². The van der Waals surface area contributed by atoms with Crippen molar-refractivity contribution in [1.82, 2.24) is 14.7 Å². The molecular formula is C23H31N3O3. The Kier molecular flexibility index (Phi) is 6.10. The summed E-state index contributed by atoms with van der Waals surface area (Å²) in [5.74, 6) is -0.550. The Balaban J connectivity index is 1.77. The van der Waals surface area contributed by atoms with Crippen LogP contribution in [0.15, 0.2) is 30.3 Å². The van der Waals surface area contributed by atoms with Gasteiger partial charge in [-0.05, 0) is 36.8 Å². The van der Waals surface area contributed by atoms with Gasteiger partial charge in [-0.2, -0.15) is 5.10 Å². The number of ether oxygens (including phenoxy) is 1. The van der Waals surface area contributed by atoms with Crippen molar-refractivity contribution in [3.8, 4) is 11.3 Å². The van der Waals surface area contributed by atoms with Gasteiger partial charge in [-0.15, -0.1) is 0 Å². The highest BCUT2D eigenvalue weighted by molar-refractivity contribution is 5.94. The number of carbonyl (C=O) groups excluding carboxylic acids is 2. The van der Waals surface area contributed by atoms with Crippen LogP contribution in [0.2, 0.25) is 0 Å². The van der Waals surface area contributed by atoms with Crippen molar-refractivity contribution in [2.75, 3.05) is 19.7 Å². The topological polar surface area (TPSA) is 64.4 Å². The Hall–Kier alpha value is -2.63. The van der Waals surface area contributed by atoms with E-state index < -0.39 is 0 Å². The summed E-state index contributed by atoms with van der Waals surface area (Å²) in [6.07, 6.45) is 1.56. The Morgan fingerprint density at radius 1 is 1.21 bits per heavy atom. The van der Waals surface area contributed by atoms with Crippen LogP contribution in [0.5, 0.6) is 0 Å². The Bertz CT molecular complexity index is 878. The third kappa shape index (κ3) is 4.69. The molecule has 1 fully saturated rings. The van der Waals surface area contributed by atoms with Crippen molar-refractivity contribution >= 4 is 11.9 Å². The zero-order valence-corrected chi connectivity index (χ0v) is 18.1. The van der Waals surface area contributed by atoms with Crippen LogP contribution in [-0.4, -0.2) is 46.3 Å². The number of likely N-dealkylation sites (tertiary alicyclic amines) is 1. The van der Waals surface area contributed by atoms with Gasteiger partial charge in [-0.3, -0.25) is 14.3 Å². The summed E-state index contributed by atoms with van der Waals surface area (Å²) in [5, 5.41) is 4.55. The second-order valence-corrected chi connectivity index (χ2v) is 8.71. The van der Waals surface area contributed by atoms with Crippen LogP contribution in [0.1, 0.15) is 56.6 Å². The third-order valence-corrected chi connectivity index (χ3v) is 5.47. The average molecular weight is 398 g/mol. The lowest BCUT2D eigenvalue weighted by atomic mass is 9.86. The predicted molar refractivity (Wildman–Crippen MR) is 113 cm³/mol. The molecule has 1 saturated heterocycles. The molecule has 0 unspecified atom stereocenters. The number of aryl methyl sites for hydroxylation is 1. The molecular weight excluding hydrogens is 366 g/mol. The predicted octanol–water partition coefficient (Wildman–Crippen LogP) is 3.80. The fourth-order valence-electron chi connectivity index (χ4n) is 3.73. The molecule has 6 heteroatoms. The van der Waals surface area contributed by atoms with Crippen molar-refractivity contribution in [3.63, 3.8) is 0 Å². The number of esters is 1. The first kappa shape index (κ1) is 21.1. The highest BCUT2D eigenvalue weighted by atomic mass is 16.5. The summed E-state index contributed by atoms with van der Waals surface area (Å²) in [4.78, 5) is 26.9. The first-order chi connectivity index (χ1) is 13.7. The highest BCUT2D eigenvalue weighted by Crippen LogP contribution is 2.27. The van der Waals surface area contributed by atoms with Crippen molar-refractivity contribution in [3.05, 3.63) is 41.6 Å². The van der Waals surface area contributed by atoms with Gasteiger partial charge in [-0.1, -0.05) is 45.0 Å². The minimum atomic E-state index is -0.245. The summed E-state index contributed by atoms with van der Waals surface area (Å²) >= 11 is 0. The Labute approximate surface area is 172 Å². The van der Waals surface area contributed by atoms with E-state index in [1.54, 1.807) is 23.6 Å². The van der Waals surface area contributed by atoms with Gasteiger partial charge in [-0.25, -0.2) is 0 Å². The van der Waals surface area contributed by atoms with Crippen LogP contribution in [0.3, 0.4) is 0 Å². The number of benzene rings is 1. The molecule has 2 aromatic rings. The number of rotatable bonds is 4. The minimum absolute atomic E-state index is 0.0908. The molecule has 1 atom stereocenters. The van der Waals surface area contributed by atoms with E-state index in [2.05, 4.69) is 50.1 Å². The summed E-state index contributed by atoms with van der Waals surface area (Å²) in [6, 6.07) is 10.2. The van der Waals surface area contributed by atoms with Gasteiger partial charge in [0.1, 0.15) is 5.69 Å². The largest absolute Gasteiger partial charge is 0.466 e. The Morgan fingerprint density at radius 3 is 2.52 bits per heavy atom. The molecule has 0 saturated carbocycles. The second kappa shape index (κ2) is 8.39. The SMILES string of the molecule is CCOC(=O)[C@@H]1CCCN(C(=O)c2cc(-c3ccc(C(C)(C)C)cc3)nn2C)C1. The molecule has 0 aliphatic carbocycles. The van der Waals surface area contributed by atoms with Gasteiger partial charge in [0, 0.05) is 25.7 Å². The normalized spacial score (nSPS) is 17.3. The van der Waals surface area contributed by atoms with E-state index in [4.69, 9.17) is 4.74 Å². The number of piperidine rings is 1. The third-order valence-electron chi connectivity index (χ3n) is 5.47. The molecule has 1 aromatic heterocycles. The first-order valence-electron chi connectivity index (χ1n) is 10.3. The number of hydrogen-bond donors (Lipinski definition) is 0. The second-order valence-electron chi connectivity index (χ2n) is 8.71. The molecule has 0 bridgehead atoms. The van der Waals surface area contributed by atoms with Gasteiger partial charge >= 0.3 is 5.97 Å². The van der Waals surface area contributed by atoms with Crippen LogP contribution >= 0.6 is 0 Å². The molecule has 1 aliphatic rings. The molecule has 0 radical (unpaired) electrons. The van der Waals surface area contributed by atoms with Crippen LogP contribution in [0.4, 0.5) is 0 Å². The van der Waals surface area contributed by atoms with E-state index in [1.165, 1.54) is 5.56 Å². The summed E-state index contributed by atoms with van der Waals surface area (Å²) < 4.78 is 6.77. The van der Waals surface area contributed by atoms with Gasteiger partial charge in [0.2, 0.25) is 0 Å². The summed E-state index contributed by atoms with van der Waals surface area (Å²) in [6.45, 7) is 9.76. The van der Waals surface area contributed by atoms with Crippen LogP contribution in [0, 0.1) is 5.92 Å². The van der Waals surface area contributed by atoms with Crippen molar-refractivity contribution in [1.29, 1.82) is 0 Å². The zero-order chi connectivity index (χ0) is 21.2. The maximum absolute atomic E-state index is 13.1. The molecule has 3 rings (SSSR count). The molecule has 1 aromatic carbocycles. The Morgan fingerprint density at radius 2 is 1.90 bits per heavy atom. The molecule has 6 nitrogen and oxygen atoms in total. The van der Waals surface area contributed by atoms with Crippen molar-refractivity contribution in [2.45, 2.75) is 46.0 Å². The van der Waals surface area contributed by atoms with E-state index in [0.717, 1.165) is 24.1 Å². The van der Waals surface area contributed by atoms with E-state index in [9.17, 15) is 9.59 Å². The fourth-order valence-corrected chi connectivity index (χ4v) is 3.73. The minimum Gasteiger partial charge on any atom is -0.466 e. The average Bonchev–Trinajstić information content (AvgIpc) is 3.09. The smallest absolute Gasteiger partial charge is 0.310 e. The lowest BCUT2D eigenvalue weighted by molar-refractivity contribution is -0.149.